The lowest BCUT2D eigenvalue weighted by atomic mass is 10.1. The minimum absolute atomic E-state index is 0.0511. The first-order valence-electron chi connectivity index (χ1n) is 6.16. The van der Waals surface area contributed by atoms with Gasteiger partial charge in [0.05, 0.1) is 5.02 Å². The van der Waals surface area contributed by atoms with Crippen molar-refractivity contribution in [3.63, 3.8) is 0 Å². The molecule has 3 rings (SSSR count). The van der Waals surface area contributed by atoms with Crippen LogP contribution in [-0.4, -0.2) is 34.0 Å². The smallest absolute Gasteiger partial charge is 0.253 e. The third-order valence-corrected chi connectivity index (χ3v) is 3.68. The molecule has 0 aliphatic carbocycles. The van der Waals surface area contributed by atoms with E-state index in [2.05, 4.69) is 10.1 Å². The van der Waals surface area contributed by atoms with E-state index >= 15 is 0 Å². The molecule has 1 aromatic heterocycles. The van der Waals surface area contributed by atoms with Crippen molar-refractivity contribution in [1.82, 2.24) is 15.0 Å². The molecular formula is C13H11ClFN3O2. The Bertz CT molecular complexity index is 633. The zero-order valence-corrected chi connectivity index (χ0v) is 11.2. The molecule has 104 valence electrons. The Morgan fingerprint density at radius 3 is 3.05 bits per heavy atom. The van der Waals surface area contributed by atoms with Crippen molar-refractivity contribution in [1.29, 1.82) is 0 Å². The second-order valence-corrected chi connectivity index (χ2v) is 5.06. The second kappa shape index (κ2) is 5.20. The third kappa shape index (κ3) is 2.38. The molecule has 1 atom stereocenters. The van der Waals surface area contributed by atoms with Crippen LogP contribution >= 0.6 is 11.6 Å². The monoisotopic (exact) mass is 295 g/mol. The molecule has 0 N–H and O–H groups in total. The summed E-state index contributed by atoms with van der Waals surface area (Å²) in [6.45, 7) is 1.13. The lowest BCUT2D eigenvalue weighted by Crippen LogP contribution is -2.28. The van der Waals surface area contributed by atoms with Gasteiger partial charge in [-0.15, -0.1) is 0 Å². The number of nitrogens with zero attached hydrogens (tertiary/aromatic N) is 3. The lowest BCUT2D eigenvalue weighted by Gasteiger charge is -2.16. The number of amides is 1. The van der Waals surface area contributed by atoms with E-state index in [4.69, 9.17) is 16.1 Å². The molecule has 1 saturated heterocycles. The molecule has 20 heavy (non-hydrogen) atoms. The van der Waals surface area contributed by atoms with E-state index < -0.39 is 5.82 Å². The Morgan fingerprint density at radius 2 is 2.35 bits per heavy atom. The Labute approximate surface area is 119 Å². The van der Waals surface area contributed by atoms with E-state index in [1.807, 2.05) is 0 Å². The number of aromatic nitrogens is 2. The molecule has 1 amide bonds. The zero-order chi connectivity index (χ0) is 14.1. The average molecular weight is 296 g/mol. The molecule has 0 spiro atoms. The lowest BCUT2D eigenvalue weighted by molar-refractivity contribution is 0.0790. The summed E-state index contributed by atoms with van der Waals surface area (Å²) in [6, 6.07) is 3.98. The van der Waals surface area contributed by atoms with Crippen molar-refractivity contribution >= 4 is 17.5 Å². The van der Waals surface area contributed by atoms with Gasteiger partial charge in [-0.1, -0.05) is 16.8 Å². The van der Waals surface area contributed by atoms with Gasteiger partial charge in [-0.25, -0.2) is 4.39 Å². The third-order valence-electron chi connectivity index (χ3n) is 3.39. The molecule has 1 aromatic carbocycles. The maximum absolute atomic E-state index is 13.1. The molecule has 2 aromatic rings. The molecule has 2 heterocycles. The predicted octanol–water partition coefficient (Wildman–Crippen LogP) is 2.49. The Morgan fingerprint density at radius 1 is 1.50 bits per heavy atom. The van der Waals surface area contributed by atoms with Crippen LogP contribution in [0.15, 0.2) is 29.1 Å². The van der Waals surface area contributed by atoms with Crippen molar-refractivity contribution in [2.24, 2.45) is 0 Å². The standard InChI is InChI=1S/C13H11ClFN3O2/c14-10-5-8(1-2-11(10)15)13(19)18-4-3-9(6-18)12-16-7-20-17-12/h1-2,5,7,9H,3-4,6H2/t9-/m0/s1. The van der Waals surface area contributed by atoms with Gasteiger partial charge in [0.15, 0.2) is 5.82 Å². The van der Waals surface area contributed by atoms with Gasteiger partial charge in [-0.05, 0) is 24.6 Å². The maximum Gasteiger partial charge on any atom is 0.253 e. The van der Waals surface area contributed by atoms with Gasteiger partial charge in [-0.2, -0.15) is 4.98 Å². The molecule has 0 unspecified atom stereocenters. The van der Waals surface area contributed by atoms with E-state index in [0.29, 0.717) is 24.5 Å². The molecule has 1 aliphatic rings. The van der Waals surface area contributed by atoms with Gasteiger partial charge in [0.25, 0.3) is 5.91 Å². The Kier molecular flexibility index (Phi) is 3.40. The van der Waals surface area contributed by atoms with Gasteiger partial charge in [0.2, 0.25) is 6.39 Å². The fourth-order valence-electron chi connectivity index (χ4n) is 2.33. The second-order valence-electron chi connectivity index (χ2n) is 4.66. The van der Waals surface area contributed by atoms with Crippen molar-refractivity contribution in [2.75, 3.05) is 13.1 Å². The molecule has 1 aliphatic heterocycles. The SMILES string of the molecule is O=C(c1ccc(F)c(Cl)c1)N1CC[C@H](c2ncon2)C1. The van der Waals surface area contributed by atoms with E-state index in [9.17, 15) is 9.18 Å². The summed E-state index contributed by atoms with van der Waals surface area (Å²) in [5, 5.41) is 3.74. The molecule has 0 saturated carbocycles. The number of carbonyl (C=O) groups excluding carboxylic acids is 1. The van der Waals surface area contributed by atoms with Gasteiger partial charge in [0, 0.05) is 24.6 Å². The summed E-state index contributed by atoms with van der Waals surface area (Å²) in [4.78, 5) is 18.0. The molecular weight excluding hydrogens is 285 g/mol. The summed E-state index contributed by atoms with van der Waals surface area (Å²) in [7, 11) is 0. The molecule has 5 nitrogen and oxygen atoms in total. The van der Waals surface area contributed by atoms with Crippen LogP contribution in [0.25, 0.3) is 0 Å². The number of rotatable bonds is 2. The van der Waals surface area contributed by atoms with Crippen molar-refractivity contribution in [3.8, 4) is 0 Å². The average Bonchev–Trinajstić information content (AvgIpc) is 3.11. The summed E-state index contributed by atoms with van der Waals surface area (Å²) in [5.74, 6) is -0.0155. The molecule has 1 fully saturated rings. The summed E-state index contributed by atoms with van der Waals surface area (Å²) in [6.07, 6.45) is 2.06. The summed E-state index contributed by atoms with van der Waals surface area (Å²) < 4.78 is 17.8. The Hall–Kier alpha value is -1.95. The van der Waals surface area contributed by atoms with Crippen LogP contribution in [0.2, 0.25) is 5.02 Å². The van der Waals surface area contributed by atoms with E-state index in [0.717, 1.165) is 6.42 Å². The van der Waals surface area contributed by atoms with Crippen LogP contribution in [0.3, 0.4) is 0 Å². The maximum atomic E-state index is 13.1. The predicted molar refractivity (Wildman–Crippen MR) is 69.0 cm³/mol. The highest BCUT2D eigenvalue weighted by atomic mass is 35.5. The fraction of sp³-hybridized carbons (Fsp3) is 0.308. The first-order valence-corrected chi connectivity index (χ1v) is 6.53. The highest BCUT2D eigenvalue weighted by Crippen LogP contribution is 2.26. The zero-order valence-electron chi connectivity index (χ0n) is 10.4. The molecule has 0 bridgehead atoms. The number of hydrogen-bond acceptors (Lipinski definition) is 4. The quantitative estimate of drug-likeness (QED) is 0.854. The molecule has 7 heteroatoms. The highest BCUT2D eigenvalue weighted by molar-refractivity contribution is 6.31. The minimum atomic E-state index is -0.533. The largest absolute Gasteiger partial charge is 0.343 e. The first-order chi connectivity index (χ1) is 9.65. The van der Waals surface area contributed by atoms with Gasteiger partial charge >= 0.3 is 0 Å². The van der Waals surface area contributed by atoms with Crippen LogP contribution in [0.1, 0.15) is 28.5 Å². The number of halogens is 2. The fourth-order valence-corrected chi connectivity index (χ4v) is 2.51. The molecule has 0 radical (unpaired) electrons. The summed E-state index contributed by atoms with van der Waals surface area (Å²) in [5.41, 5.74) is 0.380. The number of likely N-dealkylation sites (tertiary alicyclic amines) is 1. The number of carbonyl (C=O) groups is 1. The van der Waals surface area contributed by atoms with Crippen LogP contribution < -0.4 is 0 Å². The number of hydrogen-bond donors (Lipinski definition) is 0. The Balaban J connectivity index is 1.74. The van der Waals surface area contributed by atoms with E-state index in [-0.39, 0.29) is 16.8 Å². The number of benzene rings is 1. The summed E-state index contributed by atoms with van der Waals surface area (Å²) >= 11 is 5.70. The van der Waals surface area contributed by atoms with Crippen molar-refractivity contribution in [2.45, 2.75) is 12.3 Å². The van der Waals surface area contributed by atoms with E-state index in [1.165, 1.54) is 24.6 Å². The van der Waals surface area contributed by atoms with E-state index in [1.54, 1.807) is 4.90 Å². The van der Waals surface area contributed by atoms with Crippen LogP contribution in [0, 0.1) is 5.82 Å². The topological polar surface area (TPSA) is 59.2 Å². The normalized spacial score (nSPS) is 18.5. The van der Waals surface area contributed by atoms with Crippen LogP contribution in [-0.2, 0) is 0 Å². The van der Waals surface area contributed by atoms with Crippen molar-refractivity contribution < 1.29 is 13.7 Å². The van der Waals surface area contributed by atoms with Gasteiger partial charge in [0.1, 0.15) is 5.82 Å². The van der Waals surface area contributed by atoms with Crippen LogP contribution in [0.5, 0.6) is 0 Å². The minimum Gasteiger partial charge on any atom is -0.343 e. The first kappa shape index (κ1) is 13.1. The van der Waals surface area contributed by atoms with Gasteiger partial charge < -0.3 is 9.42 Å². The van der Waals surface area contributed by atoms with Crippen molar-refractivity contribution in [3.05, 3.63) is 46.8 Å². The highest BCUT2D eigenvalue weighted by Gasteiger charge is 2.30. The van der Waals surface area contributed by atoms with Crippen LogP contribution in [0.4, 0.5) is 4.39 Å². The van der Waals surface area contributed by atoms with Gasteiger partial charge in [-0.3, -0.25) is 4.79 Å².